The maximum atomic E-state index is 4.59. The van der Waals surface area contributed by atoms with E-state index in [9.17, 15) is 0 Å². The molecule has 23 heavy (non-hydrogen) atoms. The zero-order chi connectivity index (χ0) is 15.8. The summed E-state index contributed by atoms with van der Waals surface area (Å²) in [4.78, 5) is 10.2. The number of aryl methyl sites for hydroxylation is 2. The van der Waals surface area contributed by atoms with Gasteiger partial charge in [0.25, 0.3) is 0 Å². The van der Waals surface area contributed by atoms with Gasteiger partial charge in [-0.15, -0.1) is 35.3 Å². The predicted molar refractivity (Wildman–Crippen MR) is 107 cm³/mol. The van der Waals surface area contributed by atoms with Crippen molar-refractivity contribution in [3.8, 4) is 0 Å². The lowest BCUT2D eigenvalue weighted by Crippen LogP contribution is -2.39. The van der Waals surface area contributed by atoms with Gasteiger partial charge in [-0.2, -0.15) is 5.10 Å². The summed E-state index contributed by atoms with van der Waals surface area (Å²) < 4.78 is 1.93. The Morgan fingerprint density at radius 1 is 1.30 bits per heavy atom. The molecule has 2 heterocycles. The Kier molecular flexibility index (Phi) is 9.15. The standard InChI is InChI=1S/C15H24N6S.HI/c1-4-16-15(17-6-5-14-19-10-13(3)22-14)18-7-8-21-11-12(2)9-20-21;/h9-11H,4-8H2,1-3H3,(H2,16,17,18);1H. The van der Waals surface area contributed by atoms with Gasteiger partial charge in [0, 0.05) is 43.3 Å². The number of rotatable bonds is 7. The Morgan fingerprint density at radius 2 is 2.13 bits per heavy atom. The number of nitrogens with one attached hydrogen (secondary N) is 2. The second-order valence-electron chi connectivity index (χ2n) is 5.08. The van der Waals surface area contributed by atoms with E-state index in [0.29, 0.717) is 0 Å². The van der Waals surface area contributed by atoms with E-state index in [1.165, 1.54) is 10.4 Å². The van der Waals surface area contributed by atoms with Gasteiger partial charge in [0.05, 0.1) is 17.7 Å². The minimum atomic E-state index is 0. The number of hydrogen-bond donors (Lipinski definition) is 2. The van der Waals surface area contributed by atoms with Crippen molar-refractivity contribution in [2.24, 2.45) is 4.99 Å². The van der Waals surface area contributed by atoms with Crippen molar-refractivity contribution in [3.63, 3.8) is 0 Å². The fourth-order valence-corrected chi connectivity index (χ4v) is 2.78. The maximum absolute atomic E-state index is 4.59. The van der Waals surface area contributed by atoms with Crippen LogP contribution in [0.25, 0.3) is 0 Å². The summed E-state index contributed by atoms with van der Waals surface area (Å²) in [5.74, 6) is 0.847. The van der Waals surface area contributed by atoms with E-state index in [1.54, 1.807) is 11.3 Å². The summed E-state index contributed by atoms with van der Waals surface area (Å²) in [5.41, 5.74) is 1.18. The number of hydrogen-bond acceptors (Lipinski definition) is 4. The smallest absolute Gasteiger partial charge is 0.191 e. The summed E-state index contributed by atoms with van der Waals surface area (Å²) in [7, 11) is 0. The second kappa shape index (κ2) is 10.6. The average Bonchev–Trinajstić information content (AvgIpc) is 3.08. The van der Waals surface area contributed by atoms with Gasteiger partial charge in [-0.05, 0) is 26.3 Å². The monoisotopic (exact) mass is 448 g/mol. The fraction of sp³-hybridized carbons (Fsp3) is 0.533. The van der Waals surface area contributed by atoms with Gasteiger partial charge in [-0.1, -0.05) is 0 Å². The van der Waals surface area contributed by atoms with Gasteiger partial charge in [0.15, 0.2) is 5.96 Å². The van der Waals surface area contributed by atoms with E-state index in [2.05, 4.69) is 39.6 Å². The molecule has 2 aromatic heterocycles. The zero-order valence-corrected chi connectivity index (χ0v) is 17.0. The molecule has 6 nitrogen and oxygen atoms in total. The minimum Gasteiger partial charge on any atom is -0.357 e. The molecule has 0 saturated carbocycles. The van der Waals surface area contributed by atoms with Crippen molar-refractivity contribution in [1.82, 2.24) is 25.4 Å². The van der Waals surface area contributed by atoms with E-state index in [4.69, 9.17) is 0 Å². The molecule has 0 aliphatic rings. The molecule has 0 amide bonds. The molecule has 0 atom stereocenters. The highest BCUT2D eigenvalue weighted by molar-refractivity contribution is 14.0. The van der Waals surface area contributed by atoms with Gasteiger partial charge in [-0.25, -0.2) is 4.98 Å². The molecule has 8 heteroatoms. The predicted octanol–water partition coefficient (Wildman–Crippen LogP) is 2.37. The quantitative estimate of drug-likeness (QED) is 0.388. The van der Waals surface area contributed by atoms with Gasteiger partial charge in [0.1, 0.15) is 0 Å². The molecule has 128 valence electrons. The molecule has 0 aliphatic heterocycles. The van der Waals surface area contributed by atoms with E-state index >= 15 is 0 Å². The van der Waals surface area contributed by atoms with Crippen LogP contribution in [0.15, 0.2) is 23.6 Å². The van der Waals surface area contributed by atoms with Crippen LogP contribution in [0.2, 0.25) is 0 Å². The van der Waals surface area contributed by atoms with Crippen LogP contribution in [0.1, 0.15) is 22.4 Å². The summed E-state index contributed by atoms with van der Waals surface area (Å²) in [6.07, 6.45) is 6.71. The molecule has 0 radical (unpaired) electrons. The lowest BCUT2D eigenvalue weighted by atomic mass is 10.4. The molecular formula is C15H25IN6S. The number of guanidine groups is 1. The van der Waals surface area contributed by atoms with Crippen LogP contribution in [0.4, 0.5) is 0 Å². The summed E-state index contributed by atoms with van der Waals surface area (Å²) in [6.45, 7) is 9.40. The first-order valence-corrected chi connectivity index (χ1v) is 8.41. The Morgan fingerprint density at radius 3 is 2.74 bits per heavy atom. The number of aromatic nitrogens is 3. The largest absolute Gasteiger partial charge is 0.357 e. The van der Waals surface area contributed by atoms with Crippen LogP contribution in [0.3, 0.4) is 0 Å². The Bertz CT molecular complexity index is 607. The number of halogens is 1. The molecule has 0 saturated heterocycles. The summed E-state index contributed by atoms with van der Waals surface area (Å²) in [5, 5.41) is 12.0. The van der Waals surface area contributed by atoms with Crippen LogP contribution in [-0.2, 0) is 13.0 Å². The molecule has 0 aliphatic carbocycles. The molecule has 0 fully saturated rings. The van der Waals surface area contributed by atoms with Gasteiger partial charge < -0.3 is 10.6 Å². The molecule has 2 N–H and O–H groups in total. The highest BCUT2D eigenvalue weighted by Crippen LogP contribution is 2.11. The Hall–Kier alpha value is -1.16. The van der Waals surface area contributed by atoms with Gasteiger partial charge >= 0.3 is 0 Å². The molecule has 2 aromatic rings. The molecule has 2 rings (SSSR count). The van der Waals surface area contributed by atoms with Gasteiger partial charge in [-0.3, -0.25) is 9.67 Å². The topological polar surface area (TPSA) is 67.1 Å². The van der Waals surface area contributed by atoms with Crippen molar-refractivity contribution < 1.29 is 0 Å². The Labute approximate surface area is 158 Å². The van der Waals surface area contributed by atoms with E-state index < -0.39 is 0 Å². The van der Waals surface area contributed by atoms with Crippen LogP contribution < -0.4 is 10.6 Å². The van der Waals surface area contributed by atoms with Crippen molar-refractivity contribution >= 4 is 41.3 Å². The van der Waals surface area contributed by atoms with Crippen LogP contribution in [0, 0.1) is 13.8 Å². The molecule has 0 aromatic carbocycles. The first-order valence-electron chi connectivity index (χ1n) is 7.60. The third-order valence-electron chi connectivity index (χ3n) is 3.00. The van der Waals surface area contributed by atoms with Crippen molar-refractivity contribution in [1.29, 1.82) is 0 Å². The number of aliphatic imine (C=N–C) groups is 1. The lowest BCUT2D eigenvalue weighted by Gasteiger charge is -2.11. The summed E-state index contributed by atoms with van der Waals surface area (Å²) in [6, 6.07) is 0. The molecular weight excluding hydrogens is 423 g/mol. The minimum absolute atomic E-state index is 0. The van der Waals surface area contributed by atoms with Gasteiger partial charge in [0.2, 0.25) is 0 Å². The Balaban J connectivity index is 0.00000264. The highest BCUT2D eigenvalue weighted by atomic mass is 127. The molecule has 0 unspecified atom stereocenters. The van der Waals surface area contributed by atoms with Crippen LogP contribution in [-0.4, -0.2) is 40.4 Å². The number of thiazole rings is 1. The number of nitrogens with zero attached hydrogens (tertiary/aromatic N) is 4. The van der Waals surface area contributed by atoms with Crippen molar-refractivity contribution in [3.05, 3.63) is 34.0 Å². The third kappa shape index (κ3) is 7.30. The third-order valence-corrected chi connectivity index (χ3v) is 3.98. The highest BCUT2D eigenvalue weighted by Gasteiger charge is 2.00. The average molecular weight is 448 g/mol. The van der Waals surface area contributed by atoms with Crippen molar-refractivity contribution in [2.75, 3.05) is 19.6 Å². The molecule has 0 bridgehead atoms. The van der Waals surface area contributed by atoms with E-state index in [-0.39, 0.29) is 24.0 Å². The first kappa shape index (κ1) is 19.9. The van der Waals surface area contributed by atoms with Crippen LogP contribution in [0.5, 0.6) is 0 Å². The second-order valence-corrected chi connectivity index (χ2v) is 6.40. The maximum Gasteiger partial charge on any atom is 0.191 e. The SMILES string of the molecule is CCNC(=NCCc1ncc(C)s1)NCCn1cc(C)cn1.I. The lowest BCUT2D eigenvalue weighted by molar-refractivity contribution is 0.597. The summed E-state index contributed by atoms with van der Waals surface area (Å²) >= 11 is 1.74. The first-order chi connectivity index (χ1) is 10.7. The van der Waals surface area contributed by atoms with E-state index in [0.717, 1.165) is 43.6 Å². The zero-order valence-electron chi connectivity index (χ0n) is 13.9. The van der Waals surface area contributed by atoms with Crippen molar-refractivity contribution in [2.45, 2.75) is 33.7 Å². The van der Waals surface area contributed by atoms with Crippen LogP contribution >= 0.6 is 35.3 Å². The normalized spacial score (nSPS) is 11.2. The molecule has 0 spiro atoms. The fourth-order valence-electron chi connectivity index (χ4n) is 2.00. The van der Waals surface area contributed by atoms with E-state index in [1.807, 2.05) is 30.2 Å².